The first-order chi connectivity index (χ1) is 10.2. The van der Waals surface area contributed by atoms with E-state index in [1.54, 1.807) is 12.5 Å². The van der Waals surface area contributed by atoms with E-state index in [-0.39, 0.29) is 17.3 Å². The molecule has 21 heavy (non-hydrogen) atoms. The monoisotopic (exact) mass is 293 g/mol. The summed E-state index contributed by atoms with van der Waals surface area (Å²) in [5.74, 6) is 0.151. The fourth-order valence-corrected chi connectivity index (χ4v) is 3.31. The van der Waals surface area contributed by atoms with Gasteiger partial charge in [-0.1, -0.05) is 0 Å². The first-order valence-electron chi connectivity index (χ1n) is 7.70. The summed E-state index contributed by atoms with van der Waals surface area (Å²) < 4.78 is 13.3. The molecule has 0 bridgehead atoms. The van der Waals surface area contributed by atoms with Crippen LogP contribution in [0, 0.1) is 5.92 Å². The molecule has 116 valence electrons. The number of aromatic nitrogens is 2. The first-order valence-corrected chi connectivity index (χ1v) is 7.70. The van der Waals surface area contributed by atoms with Crippen LogP contribution in [0.5, 0.6) is 0 Å². The van der Waals surface area contributed by atoms with Crippen LogP contribution in [-0.2, 0) is 16.0 Å². The minimum Gasteiger partial charge on any atom is -0.381 e. The van der Waals surface area contributed by atoms with Crippen molar-refractivity contribution in [3.8, 4) is 0 Å². The van der Waals surface area contributed by atoms with E-state index in [1.165, 1.54) is 0 Å². The highest BCUT2D eigenvalue weighted by molar-refractivity contribution is 5.96. The summed E-state index contributed by atoms with van der Waals surface area (Å²) in [6, 6.07) is 0. The lowest BCUT2D eigenvalue weighted by Crippen LogP contribution is -2.45. The number of nitrogens with two attached hydrogens (primary N) is 1. The summed E-state index contributed by atoms with van der Waals surface area (Å²) in [5.41, 5.74) is 5.92. The number of rotatable bonds is 4. The lowest BCUT2D eigenvalue weighted by molar-refractivity contribution is -0.142. The molecule has 1 aromatic rings. The Morgan fingerprint density at radius 2 is 2.24 bits per heavy atom. The van der Waals surface area contributed by atoms with Crippen LogP contribution in [0.4, 0.5) is 0 Å². The Bertz CT molecular complexity index is 489. The fourth-order valence-electron chi connectivity index (χ4n) is 3.31. The summed E-state index contributed by atoms with van der Waals surface area (Å²) >= 11 is 0. The average Bonchev–Trinajstić information content (AvgIpc) is 2.96. The third kappa shape index (κ3) is 3.17. The van der Waals surface area contributed by atoms with Gasteiger partial charge in [0.1, 0.15) is 5.69 Å². The highest BCUT2D eigenvalue weighted by atomic mass is 16.5. The van der Waals surface area contributed by atoms with Crippen LogP contribution < -0.4 is 5.73 Å². The van der Waals surface area contributed by atoms with Gasteiger partial charge in [-0.25, -0.2) is 4.98 Å². The molecule has 0 aliphatic carbocycles. The molecule has 2 aliphatic rings. The van der Waals surface area contributed by atoms with Gasteiger partial charge in [0, 0.05) is 45.0 Å². The number of imidazole rings is 1. The van der Waals surface area contributed by atoms with Crippen LogP contribution in [0.3, 0.4) is 0 Å². The van der Waals surface area contributed by atoms with Gasteiger partial charge in [-0.05, 0) is 25.7 Å². The molecule has 1 unspecified atom stereocenters. The smallest absolute Gasteiger partial charge is 0.186 e. The SMILES string of the molecule is NCCn1cnc(C(=O)C2CCOC3(CCOCC3)C2)c1. The second-order valence-corrected chi connectivity index (χ2v) is 5.98. The number of Topliss-reactive ketones (excluding diaryl/α,β-unsaturated/α-hetero) is 1. The van der Waals surface area contributed by atoms with Crippen molar-refractivity contribution in [1.82, 2.24) is 9.55 Å². The summed E-state index contributed by atoms with van der Waals surface area (Å²) in [5, 5.41) is 0. The quantitative estimate of drug-likeness (QED) is 0.838. The molecule has 6 nitrogen and oxygen atoms in total. The van der Waals surface area contributed by atoms with Crippen LogP contribution in [0.15, 0.2) is 12.5 Å². The van der Waals surface area contributed by atoms with Crippen molar-refractivity contribution in [2.24, 2.45) is 11.7 Å². The third-order valence-electron chi connectivity index (χ3n) is 4.54. The second kappa shape index (κ2) is 6.25. The zero-order valence-corrected chi connectivity index (χ0v) is 12.3. The van der Waals surface area contributed by atoms with Gasteiger partial charge in [-0.15, -0.1) is 0 Å². The summed E-state index contributed by atoms with van der Waals surface area (Å²) in [4.78, 5) is 16.9. The molecule has 2 aliphatic heterocycles. The van der Waals surface area contributed by atoms with Gasteiger partial charge >= 0.3 is 0 Å². The Balaban J connectivity index is 1.68. The van der Waals surface area contributed by atoms with Crippen molar-refractivity contribution in [1.29, 1.82) is 0 Å². The average molecular weight is 293 g/mol. The standard InChI is InChI=1S/C15H23N3O3/c16-4-5-18-10-13(17-11-18)14(19)12-1-6-21-15(9-12)2-7-20-8-3-15/h10-12H,1-9,16H2. The van der Waals surface area contributed by atoms with Gasteiger partial charge < -0.3 is 19.8 Å². The van der Waals surface area contributed by atoms with Gasteiger partial charge in [0.15, 0.2) is 5.78 Å². The van der Waals surface area contributed by atoms with E-state index in [4.69, 9.17) is 15.2 Å². The van der Waals surface area contributed by atoms with Gasteiger partial charge in [-0.3, -0.25) is 4.79 Å². The highest BCUT2D eigenvalue weighted by Gasteiger charge is 2.41. The normalized spacial score (nSPS) is 25.1. The molecule has 3 rings (SSSR count). The maximum atomic E-state index is 12.6. The number of hydrogen-bond acceptors (Lipinski definition) is 5. The Kier molecular flexibility index (Phi) is 4.37. The van der Waals surface area contributed by atoms with Crippen molar-refractivity contribution in [3.63, 3.8) is 0 Å². The topological polar surface area (TPSA) is 79.4 Å². The predicted octanol–water partition coefficient (Wildman–Crippen LogP) is 1.00. The third-order valence-corrected chi connectivity index (χ3v) is 4.54. The van der Waals surface area contributed by atoms with Crippen molar-refractivity contribution in [2.45, 2.75) is 37.8 Å². The largest absolute Gasteiger partial charge is 0.381 e. The predicted molar refractivity (Wildman–Crippen MR) is 77.1 cm³/mol. The Morgan fingerprint density at radius 1 is 1.43 bits per heavy atom. The Morgan fingerprint density at radius 3 is 3.00 bits per heavy atom. The van der Waals surface area contributed by atoms with Crippen LogP contribution in [-0.4, -0.2) is 47.3 Å². The number of carbonyl (C=O) groups is 1. The van der Waals surface area contributed by atoms with Gasteiger partial charge in [0.2, 0.25) is 0 Å². The molecule has 6 heteroatoms. The molecule has 2 N–H and O–H groups in total. The van der Waals surface area contributed by atoms with E-state index < -0.39 is 0 Å². The lowest BCUT2D eigenvalue weighted by atomic mass is 9.78. The molecule has 0 radical (unpaired) electrons. The van der Waals surface area contributed by atoms with Crippen LogP contribution in [0.25, 0.3) is 0 Å². The van der Waals surface area contributed by atoms with Gasteiger partial charge in [0.05, 0.1) is 11.9 Å². The number of nitrogens with zero attached hydrogens (tertiary/aromatic N) is 2. The van der Waals surface area contributed by atoms with Crippen LogP contribution in [0.2, 0.25) is 0 Å². The number of carbonyl (C=O) groups excluding carboxylic acids is 1. The molecule has 1 aromatic heterocycles. The number of ketones is 1. The molecule has 2 fully saturated rings. The maximum Gasteiger partial charge on any atom is 0.186 e. The zero-order chi connectivity index (χ0) is 14.7. The van der Waals surface area contributed by atoms with E-state index >= 15 is 0 Å². The highest BCUT2D eigenvalue weighted by Crippen LogP contribution is 2.38. The van der Waals surface area contributed by atoms with E-state index in [0.29, 0.717) is 25.4 Å². The van der Waals surface area contributed by atoms with E-state index in [2.05, 4.69) is 4.98 Å². The Labute approximate surface area is 124 Å². The molecule has 1 atom stereocenters. The van der Waals surface area contributed by atoms with Crippen LogP contribution >= 0.6 is 0 Å². The van der Waals surface area contributed by atoms with Crippen LogP contribution in [0.1, 0.15) is 36.2 Å². The van der Waals surface area contributed by atoms with E-state index in [1.807, 2.05) is 4.57 Å². The number of hydrogen-bond donors (Lipinski definition) is 1. The fraction of sp³-hybridized carbons (Fsp3) is 0.733. The number of ether oxygens (including phenoxy) is 2. The molecule has 0 saturated carbocycles. The summed E-state index contributed by atoms with van der Waals surface area (Å²) in [7, 11) is 0. The van der Waals surface area contributed by atoms with E-state index in [9.17, 15) is 4.79 Å². The lowest BCUT2D eigenvalue weighted by Gasteiger charge is -2.42. The Hall–Kier alpha value is -1.24. The minimum atomic E-state index is -0.156. The van der Waals surface area contributed by atoms with Crippen molar-refractivity contribution >= 4 is 5.78 Å². The zero-order valence-electron chi connectivity index (χ0n) is 12.3. The second-order valence-electron chi connectivity index (χ2n) is 5.98. The van der Waals surface area contributed by atoms with E-state index in [0.717, 1.165) is 38.9 Å². The molecule has 2 saturated heterocycles. The minimum absolute atomic E-state index is 0.0121. The molecule has 0 amide bonds. The van der Waals surface area contributed by atoms with Crippen molar-refractivity contribution in [2.75, 3.05) is 26.4 Å². The summed E-state index contributed by atoms with van der Waals surface area (Å²) in [6.07, 6.45) is 6.84. The van der Waals surface area contributed by atoms with Gasteiger partial charge in [0.25, 0.3) is 0 Å². The molecule has 3 heterocycles. The maximum absolute atomic E-state index is 12.6. The van der Waals surface area contributed by atoms with Crippen molar-refractivity contribution < 1.29 is 14.3 Å². The molecular weight excluding hydrogens is 270 g/mol. The van der Waals surface area contributed by atoms with Crippen molar-refractivity contribution in [3.05, 3.63) is 18.2 Å². The summed E-state index contributed by atoms with van der Waals surface area (Å²) in [6.45, 7) is 3.34. The molecule has 1 spiro atoms. The first kappa shape index (κ1) is 14.7. The van der Waals surface area contributed by atoms with Gasteiger partial charge in [-0.2, -0.15) is 0 Å². The molecular formula is C15H23N3O3. The molecule has 0 aromatic carbocycles.